The van der Waals surface area contributed by atoms with Gasteiger partial charge in [0.25, 0.3) is 0 Å². The summed E-state index contributed by atoms with van der Waals surface area (Å²) in [7, 11) is 0. The minimum absolute atomic E-state index is 0.128. The molecule has 1 atom stereocenters. The van der Waals surface area contributed by atoms with Crippen molar-refractivity contribution < 1.29 is 4.42 Å². The zero-order chi connectivity index (χ0) is 11.8. The molecule has 2 nitrogen and oxygen atoms in total. The van der Waals surface area contributed by atoms with Crippen molar-refractivity contribution in [1.82, 2.24) is 0 Å². The Balaban J connectivity index is 2.15. The second-order valence-electron chi connectivity index (χ2n) is 3.84. The lowest BCUT2D eigenvalue weighted by atomic mass is 10.0. The molecular formula is C13H10BrNOS. The van der Waals surface area contributed by atoms with Gasteiger partial charge in [0.2, 0.25) is 0 Å². The molecule has 0 saturated heterocycles. The van der Waals surface area contributed by atoms with Gasteiger partial charge in [-0.15, -0.1) is 11.3 Å². The van der Waals surface area contributed by atoms with Crippen LogP contribution in [0.3, 0.4) is 0 Å². The molecule has 2 aromatic heterocycles. The Morgan fingerprint density at radius 3 is 2.94 bits per heavy atom. The van der Waals surface area contributed by atoms with Crippen LogP contribution in [-0.4, -0.2) is 0 Å². The largest absolute Gasteiger partial charge is 0.472 e. The lowest BCUT2D eigenvalue weighted by Crippen LogP contribution is -2.09. The number of fused-ring (bicyclic) bond motifs is 1. The molecule has 0 amide bonds. The van der Waals surface area contributed by atoms with Crippen molar-refractivity contribution in [3.8, 4) is 0 Å². The molecule has 0 saturated carbocycles. The average Bonchev–Trinajstić information content (AvgIpc) is 2.98. The summed E-state index contributed by atoms with van der Waals surface area (Å²) in [5, 5.41) is 3.32. The van der Waals surface area contributed by atoms with Gasteiger partial charge >= 0.3 is 0 Å². The molecule has 0 fully saturated rings. The summed E-state index contributed by atoms with van der Waals surface area (Å²) in [5.41, 5.74) is 8.40. The van der Waals surface area contributed by atoms with Crippen molar-refractivity contribution >= 4 is 37.4 Å². The number of halogens is 1. The Labute approximate surface area is 111 Å². The monoisotopic (exact) mass is 307 g/mol. The zero-order valence-electron chi connectivity index (χ0n) is 8.89. The summed E-state index contributed by atoms with van der Waals surface area (Å²) in [6.07, 6.45) is 3.35. The molecule has 4 heteroatoms. The van der Waals surface area contributed by atoms with E-state index in [9.17, 15) is 0 Å². The summed E-state index contributed by atoms with van der Waals surface area (Å²) < 4.78 is 7.44. The first-order valence-electron chi connectivity index (χ1n) is 5.20. The molecule has 0 bridgehead atoms. The highest BCUT2D eigenvalue weighted by Crippen LogP contribution is 2.36. The van der Waals surface area contributed by atoms with E-state index >= 15 is 0 Å². The van der Waals surface area contributed by atoms with Crippen LogP contribution in [-0.2, 0) is 0 Å². The van der Waals surface area contributed by atoms with Crippen LogP contribution in [0.15, 0.2) is 51.1 Å². The first-order chi connectivity index (χ1) is 8.27. The Hall–Kier alpha value is -1.10. The molecule has 0 aliphatic heterocycles. The quantitative estimate of drug-likeness (QED) is 0.766. The smallest absolute Gasteiger partial charge is 0.0953 e. The molecule has 3 aromatic rings. The van der Waals surface area contributed by atoms with E-state index in [1.165, 1.54) is 10.1 Å². The summed E-state index contributed by atoms with van der Waals surface area (Å²) in [5.74, 6) is 0. The van der Waals surface area contributed by atoms with Crippen LogP contribution in [0.2, 0.25) is 0 Å². The van der Waals surface area contributed by atoms with Crippen LogP contribution in [0.25, 0.3) is 10.1 Å². The van der Waals surface area contributed by atoms with Gasteiger partial charge in [0, 0.05) is 14.7 Å². The number of hydrogen-bond acceptors (Lipinski definition) is 3. The van der Waals surface area contributed by atoms with E-state index in [0.29, 0.717) is 0 Å². The molecule has 0 radical (unpaired) electrons. The van der Waals surface area contributed by atoms with Crippen molar-refractivity contribution in [2.75, 3.05) is 0 Å². The first kappa shape index (κ1) is 11.0. The molecule has 1 unspecified atom stereocenters. The van der Waals surface area contributed by atoms with Gasteiger partial charge in [-0.3, -0.25) is 0 Å². The van der Waals surface area contributed by atoms with E-state index in [1.807, 2.05) is 18.2 Å². The molecule has 3 rings (SSSR count). The second-order valence-corrected chi connectivity index (χ2v) is 5.58. The van der Waals surface area contributed by atoms with Crippen LogP contribution in [0.5, 0.6) is 0 Å². The topological polar surface area (TPSA) is 39.2 Å². The third-order valence-corrected chi connectivity index (χ3v) is 4.79. The molecule has 1 aromatic carbocycles. The predicted molar refractivity (Wildman–Crippen MR) is 74.3 cm³/mol. The van der Waals surface area contributed by atoms with Crippen LogP contribution in [0.1, 0.15) is 17.2 Å². The van der Waals surface area contributed by atoms with E-state index in [0.717, 1.165) is 15.6 Å². The van der Waals surface area contributed by atoms with Crippen LogP contribution >= 0.6 is 27.3 Å². The van der Waals surface area contributed by atoms with E-state index in [2.05, 4.69) is 27.4 Å². The van der Waals surface area contributed by atoms with Crippen molar-refractivity contribution in [3.05, 3.63) is 57.8 Å². The third-order valence-electron chi connectivity index (χ3n) is 2.82. The fourth-order valence-corrected chi connectivity index (χ4v) is 3.57. The lowest BCUT2D eigenvalue weighted by molar-refractivity contribution is 0.562. The van der Waals surface area contributed by atoms with Gasteiger partial charge in [-0.1, -0.05) is 12.1 Å². The highest BCUT2D eigenvalue weighted by atomic mass is 79.9. The van der Waals surface area contributed by atoms with Gasteiger partial charge in [0.05, 0.1) is 18.6 Å². The minimum Gasteiger partial charge on any atom is -0.472 e. The minimum atomic E-state index is -0.128. The molecule has 0 spiro atoms. The number of furan rings is 1. The number of benzene rings is 1. The maximum atomic E-state index is 6.25. The van der Waals surface area contributed by atoms with Crippen molar-refractivity contribution in [3.63, 3.8) is 0 Å². The van der Waals surface area contributed by atoms with Gasteiger partial charge in [0.1, 0.15) is 0 Å². The Morgan fingerprint density at radius 2 is 2.18 bits per heavy atom. The van der Waals surface area contributed by atoms with E-state index in [-0.39, 0.29) is 6.04 Å². The standard InChI is InChI=1S/C13H10BrNOS/c14-11-3-1-2-9-10(7-17-13(9)11)12(15)8-4-5-16-6-8/h1-7,12H,15H2. The first-order valence-corrected chi connectivity index (χ1v) is 6.88. The SMILES string of the molecule is NC(c1ccoc1)c1csc2c(Br)cccc12. The second kappa shape index (κ2) is 4.29. The van der Waals surface area contributed by atoms with Gasteiger partial charge in [-0.2, -0.15) is 0 Å². The number of thiophene rings is 1. The van der Waals surface area contributed by atoms with Gasteiger partial charge in [0.15, 0.2) is 0 Å². The van der Waals surface area contributed by atoms with Crippen LogP contribution in [0, 0.1) is 0 Å². The van der Waals surface area contributed by atoms with E-state index < -0.39 is 0 Å². The maximum absolute atomic E-state index is 6.25. The number of nitrogens with two attached hydrogens (primary N) is 1. The Kier molecular flexibility index (Phi) is 2.78. The molecular weight excluding hydrogens is 298 g/mol. The van der Waals surface area contributed by atoms with Crippen molar-refractivity contribution in [2.24, 2.45) is 5.73 Å². The molecule has 0 aliphatic carbocycles. The molecule has 0 aliphatic rings. The summed E-state index contributed by atoms with van der Waals surface area (Å²) in [6.45, 7) is 0. The van der Waals surface area contributed by atoms with E-state index in [4.69, 9.17) is 10.2 Å². The number of rotatable bonds is 2. The van der Waals surface area contributed by atoms with Crippen molar-refractivity contribution in [2.45, 2.75) is 6.04 Å². The summed E-state index contributed by atoms with van der Waals surface area (Å²) in [6, 6.07) is 7.96. The van der Waals surface area contributed by atoms with Gasteiger partial charge < -0.3 is 10.2 Å². The Morgan fingerprint density at radius 1 is 1.29 bits per heavy atom. The molecule has 17 heavy (non-hydrogen) atoms. The maximum Gasteiger partial charge on any atom is 0.0953 e. The van der Waals surface area contributed by atoms with Crippen LogP contribution in [0.4, 0.5) is 0 Å². The number of hydrogen-bond donors (Lipinski definition) is 1. The molecule has 2 N–H and O–H groups in total. The summed E-state index contributed by atoms with van der Waals surface area (Å²) in [4.78, 5) is 0. The fourth-order valence-electron chi connectivity index (χ4n) is 1.91. The Bertz CT molecular complexity index is 645. The van der Waals surface area contributed by atoms with E-state index in [1.54, 1.807) is 23.9 Å². The highest BCUT2D eigenvalue weighted by Gasteiger charge is 2.15. The molecule has 86 valence electrons. The van der Waals surface area contributed by atoms with Crippen LogP contribution < -0.4 is 5.73 Å². The molecule has 2 heterocycles. The van der Waals surface area contributed by atoms with Crippen molar-refractivity contribution in [1.29, 1.82) is 0 Å². The normalized spacial score (nSPS) is 13.1. The van der Waals surface area contributed by atoms with Gasteiger partial charge in [-0.05, 0) is 44.4 Å². The predicted octanol–water partition coefficient (Wildman–Crippen LogP) is 4.30. The lowest BCUT2D eigenvalue weighted by Gasteiger charge is -2.08. The fraction of sp³-hybridized carbons (Fsp3) is 0.0769. The summed E-state index contributed by atoms with van der Waals surface area (Å²) >= 11 is 5.27. The highest BCUT2D eigenvalue weighted by molar-refractivity contribution is 9.10. The third kappa shape index (κ3) is 1.82. The zero-order valence-corrected chi connectivity index (χ0v) is 11.3. The van der Waals surface area contributed by atoms with Gasteiger partial charge in [-0.25, -0.2) is 0 Å². The average molecular weight is 308 g/mol.